The summed E-state index contributed by atoms with van der Waals surface area (Å²) in [6, 6.07) is 9.36. The smallest absolute Gasteiger partial charge is 0.236 e. The third-order valence-corrected chi connectivity index (χ3v) is 5.19. The summed E-state index contributed by atoms with van der Waals surface area (Å²) in [5, 5.41) is 12.3. The van der Waals surface area contributed by atoms with Crippen LogP contribution in [0.25, 0.3) is 0 Å². The first-order valence-electron chi connectivity index (χ1n) is 9.23. The van der Waals surface area contributed by atoms with Gasteiger partial charge in [-0.2, -0.15) is 0 Å². The Morgan fingerprint density at radius 3 is 2.70 bits per heavy atom. The number of nitrogens with one attached hydrogen (secondary N) is 1. The Morgan fingerprint density at radius 2 is 2.03 bits per heavy atom. The normalized spacial score (nSPS) is 10.6. The summed E-state index contributed by atoms with van der Waals surface area (Å²) in [6.45, 7) is 8.63. The van der Waals surface area contributed by atoms with E-state index in [-0.39, 0.29) is 18.3 Å². The average molecular weight is 444 g/mol. The van der Waals surface area contributed by atoms with Crippen molar-refractivity contribution in [2.75, 3.05) is 11.1 Å². The first kappa shape index (κ1) is 21.9. The van der Waals surface area contributed by atoms with E-state index in [4.69, 9.17) is 16.3 Å². The molecule has 0 atom stereocenters. The molecule has 156 valence electrons. The number of carbonyl (C=O) groups is 1. The molecule has 9 heteroatoms. The number of carbonyl (C=O) groups excluding carboxylic acids is 1. The van der Waals surface area contributed by atoms with Gasteiger partial charge in [0.25, 0.3) is 0 Å². The van der Waals surface area contributed by atoms with Crippen molar-refractivity contribution < 1.29 is 9.53 Å². The summed E-state index contributed by atoms with van der Waals surface area (Å²) in [4.78, 5) is 16.3. The number of ether oxygens (including phenoxy) is 1. The summed E-state index contributed by atoms with van der Waals surface area (Å²) in [5.41, 5.74) is 2.27. The number of amides is 1. The first-order valence-corrected chi connectivity index (χ1v) is 10.6. The van der Waals surface area contributed by atoms with Crippen LogP contribution in [0.4, 0.5) is 5.82 Å². The van der Waals surface area contributed by atoms with Crippen molar-refractivity contribution >= 4 is 35.1 Å². The van der Waals surface area contributed by atoms with Crippen LogP contribution in [0, 0.1) is 13.8 Å². The third-order valence-electron chi connectivity index (χ3n) is 4.00. The Kier molecular flexibility index (Phi) is 7.48. The van der Waals surface area contributed by atoms with Gasteiger partial charge in [-0.1, -0.05) is 35.5 Å². The molecule has 0 aliphatic heterocycles. The van der Waals surface area contributed by atoms with Gasteiger partial charge in [0.05, 0.1) is 10.8 Å². The predicted octanol–water partition coefficient (Wildman–Crippen LogP) is 4.44. The number of benzene rings is 1. The van der Waals surface area contributed by atoms with Gasteiger partial charge in [-0.05, 0) is 49.2 Å². The minimum absolute atomic E-state index is 0.164. The third kappa shape index (κ3) is 6.08. The number of nitrogens with zero attached hydrogens (tertiary/aromatic N) is 4. The summed E-state index contributed by atoms with van der Waals surface area (Å²) in [6.07, 6.45) is 3.23. The number of pyridine rings is 1. The fourth-order valence-corrected chi connectivity index (χ4v) is 3.65. The minimum Gasteiger partial charge on any atom is -0.486 e. The maximum atomic E-state index is 12.2. The summed E-state index contributed by atoms with van der Waals surface area (Å²) >= 11 is 7.09. The molecule has 0 fully saturated rings. The van der Waals surface area contributed by atoms with Crippen molar-refractivity contribution in [2.24, 2.45) is 0 Å². The van der Waals surface area contributed by atoms with E-state index in [1.54, 1.807) is 18.2 Å². The number of aromatic nitrogens is 4. The first-order chi connectivity index (χ1) is 14.4. The molecule has 3 rings (SSSR count). The summed E-state index contributed by atoms with van der Waals surface area (Å²) in [7, 11) is 0. The van der Waals surface area contributed by atoms with Crippen molar-refractivity contribution in [3.8, 4) is 5.75 Å². The van der Waals surface area contributed by atoms with Crippen molar-refractivity contribution in [1.82, 2.24) is 19.7 Å². The van der Waals surface area contributed by atoms with Gasteiger partial charge in [0.15, 0.2) is 11.0 Å². The Morgan fingerprint density at radius 1 is 1.27 bits per heavy atom. The van der Waals surface area contributed by atoms with Crippen molar-refractivity contribution in [3.63, 3.8) is 0 Å². The van der Waals surface area contributed by atoms with E-state index in [9.17, 15) is 4.79 Å². The van der Waals surface area contributed by atoms with E-state index in [1.807, 2.05) is 30.5 Å². The highest BCUT2D eigenvalue weighted by molar-refractivity contribution is 7.99. The number of hydrogen-bond acceptors (Lipinski definition) is 6. The zero-order chi connectivity index (χ0) is 21.5. The number of halogens is 1. The average Bonchev–Trinajstić information content (AvgIpc) is 3.08. The fourth-order valence-electron chi connectivity index (χ4n) is 2.77. The molecule has 0 aliphatic carbocycles. The largest absolute Gasteiger partial charge is 0.486 e. The molecule has 0 radical (unpaired) electrons. The lowest BCUT2D eigenvalue weighted by Crippen LogP contribution is -2.15. The number of anilines is 1. The lowest BCUT2D eigenvalue weighted by atomic mass is 10.1. The van der Waals surface area contributed by atoms with Crippen LogP contribution >= 0.6 is 23.4 Å². The van der Waals surface area contributed by atoms with Crippen LogP contribution < -0.4 is 10.1 Å². The van der Waals surface area contributed by atoms with Crippen LogP contribution in [0.2, 0.25) is 5.02 Å². The van der Waals surface area contributed by atoms with Crippen LogP contribution in [0.15, 0.2) is 54.3 Å². The molecular weight excluding hydrogens is 422 g/mol. The molecule has 1 amide bonds. The highest BCUT2D eigenvalue weighted by atomic mass is 35.5. The topological polar surface area (TPSA) is 81.9 Å². The Bertz CT molecular complexity index is 1020. The zero-order valence-corrected chi connectivity index (χ0v) is 18.3. The predicted molar refractivity (Wildman–Crippen MR) is 119 cm³/mol. The Balaban J connectivity index is 1.62. The van der Waals surface area contributed by atoms with Crippen LogP contribution in [0.5, 0.6) is 5.75 Å². The van der Waals surface area contributed by atoms with Gasteiger partial charge < -0.3 is 10.1 Å². The van der Waals surface area contributed by atoms with Gasteiger partial charge in [0, 0.05) is 12.7 Å². The van der Waals surface area contributed by atoms with Crippen LogP contribution in [-0.2, 0) is 17.9 Å². The molecular formula is C21H22ClN5O2S. The van der Waals surface area contributed by atoms with Crippen molar-refractivity contribution in [1.29, 1.82) is 0 Å². The fraction of sp³-hybridized carbons (Fsp3) is 0.238. The van der Waals surface area contributed by atoms with E-state index in [0.717, 1.165) is 16.9 Å². The highest BCUT2D eigenvalue weighted by Gasteiger charge is 2.14. The summed E-state index contributed by atoms with van der Waals surface area (Å²) < 4.78 is 7.79. The minimum atomic E-state index is -0.198. The molecule has 0 aliphatic rings. The van der Waals surface area contributed by atoms with Crippen LogP contribution in [-0.4, -0.2) is 31.4 Å². The van der Waals surface area contributed by atoms with Crippen molar-refractivity contribution in [2.45, 2.75) is 32.2 Å². The van der Waals surface area contributed by atoms with Crippen LogP contribution in [0.1, 0.15) is 17.0 Å². The maximum absolute atomic E-state index is 12.2. The molecule has 7 nitrogen and oxygen atoms in total. The van der Waals surface area contributed by atoms with E-state index in [2.05, 4.69) is 33.1 Å². The van der Waals surface area contributed by atoms with Gasteiger partial charge >= 0.3 is 0 Å². The Labute approximate surface area is 184 Å². The molecule has 1 aromatic carbocycles. The molecule has 0 unspecified atom stereocenters. The lowest BCUT2D eigenvalue weighted by molar-refractivity contribution is -0.113. The molecule has 30 heavy (non-hydrogen) atoms. The molecule has 2 heterocycles. The van der Waals surface area contributed by atoms with Crippen molar-refractivity contribution in [3.05, 3.63) is 71.2 Å². The van der Waals surface area contributed by atoms with Gasteiger partial charge in [0.2, 0.25) is 5.91 Å². The monoisotopic (exact) mass is 443 g/mol. The molecule has 0 bridgehead atoms. The lowest BCUT2D eigenvalue weighted by Gasteiger charge is -2.10. The van der Waals surface area contributed by atoms with E-state index in [0.29, 0.717) is 28.4 Å². The number of rotatable bonds is 9. The van der Waals surface area contributed by atoms with Gasteiger partial charge in [-0.3, -0.25) is 9.36 Å². The number of allylic oxidation sites excluding steroid dienone is 1. The number of aryl methyl sites for hydroxylation is 2. The quantitative estimate of drug-likeness (QED) is 0.389. The highest BCUT2D eigenvalue weighted by Crippen LogP contribution is 2.21. The maximum Gasteiger partial charge on any atom is 0.236 e. The number of thioether (sulfide) groups is 1. The standard InChI is InChI=1S/C21H22ClN5O2S/c1-4-7-27-19(12-29-17-9-14(2)8-15(3)10-17)25-26-21(27)30-13-20(28)24-18-6-5-16(22)11-23-18/h4-6,8-11H,1,7,12-13H2,2-3H3,(H,23,24,28). The summed E-state index contributed by atoms with van der Waals surface area (Å²) in [5.74, 6) is 1.86. The SMILES string of the molecule is C=CCn1c(COc2cc(C)cc(C)c2)nnc1SCC(=O)Nc1ccc(Cl)cn1. The molecule has 0 spiro atoms. The van der Waals surface area contributed by atoms with Gasteiger partial charge in [-0.25, -0.2) is 4.98 Å². The molecule has 0 saturated carbocycles. The second-order valence-electron chi connectivity index (χ2n) is 6.61. The van der Waals surface area contributed by atoms with E-state index < -0.39 is 0 Å². The van der Waals surface area contributed by atoms with Crippen LogP contribution in [0.3, 0.4) is 0 Å². The molecule has 0 saturated heterocycles. The van der Waals surface area contributed by atoms with Gasteiger partial charge in [-0.15, -0.1) is 16.8 Å². The number of hydrogen-bond donors (Lipinski definition) is 1. The Hall–Kier alpha value is -2.84. The molecule has 2 aromatic heterocycles. The molecule has 3 aromatic rings. The molecule has 1 N–H and O–H groups in total. The second kappa shape index (κ2) is 10.3. The van der Waals surface area contributed by atoms with Gasteiger partial charge in [0.1, 0.15) is 18.2 Å². The van der Waals surface area contributed by atoms with E-state index >= 15 is 0 Å². The zero-order valence-electron chi connectivity index (χ0n) is 16.8. The van der Waals surface area contributed by atoms with E-state index in [1.165, 1.54) is 18.0 Å². The second-order valence-corrected chi connectivity index (χ2v) is 7.99.